The van der Waals surface area contributed by atoms with Crippen LogP contribution in [0.3, 0.4) is 0 Å². The largest absolute Gasteiger partial charge is 0.347 e. The number of carbonyl (C=O) groups is 5. The van der Waals surface area contributed by atoms with Crippen molar-refractivity contribution in [1.82, 2.24) is 30.5 Å². The maximum absolute atomic E-state index is 15.1. The molecule has 4 N–H and O–H groups in total. The molecule has 2 fully saturated rings. The Labute approximate surface area is 322 Å². The first-order valence-electron chi connectivity index (χ1n) is 19.8. The zero-order valence-electron chi connectivity index (χ0n) is 33.8. The Hall–Kier alpha value is -3.52. The number of nitrogens with zero attached hydrogens (tertiary/aromatic N) is 2. The van der Waals surface area contributed by atoms with Crippen LogP contribution in [0.5, 0.6) is 0 Å². The molecule has 1 aromatic carbocycles. The summed E-state index contributed by atoms with van der Waals surface area (Å²) in [6.07, 6.45) is 4.93. The molecule has 1 heterocycles. The minimum absolute atomic E-state index is 0.00840. The van der Waals surface area contributed by atoms with Gasteiger partial charge in [-0.05, 0) is 73.8 Å². The highest BCUT2D eigenvalue weighted by Crippen LogP contribution is 2.41. The number of amides is 5. The number of likely N-dealkylation sites (N-methyl/N-ethyl adjacent to an activating group) is 1. The van der Waals surface area contributed by atoms with Gasteiger partial charge in [-0.1, -0.05) is 85.6 Å². The quantitative estimate of drug-likeness (QED) is 0.175. The summed E-state index contributed by atoms with van der Waals surface area (Å²) in [5.74, 6) is -2.54. The first-order valence-corrected chi connectivity index (χ1v) is 21.4. The number of hydrogen-bond acceptors (Lipinski definition) is 7. The number of sulfonamides is 1. The van der Waals surface area contributed by atoms with Crippen molar-refractivity contribution in [2.45, 2.75) is 137 Å². The fourth-order valence-electron chi connectivity index (χ4n) is 7.87. The van der Waals surface area contributed by atoms with Crippen LogP contribution >= 0.6 is 0 Å². The molecule has 302 valence electrons. The lowest BCUT2D eigenvalue weighted by Gasteiger charge is -2.40. The van der Waals surface area contributed by atoms with Crippen LogP contribution in [-0.4, -0.2) is 103 Å². The Morgan fingerprint density at radius 3 is 2.09 bits per heavy atom. The zero-order valence-corrected chi connectivity index (χ0v) is 34.6. The molecule has 1 saturated carbocycles. The molecule has 13 nitrogen and oxygen atoms in total. The van der Waals surface area contributed by atoms with E-state index in [1.54, 1.807) is 11.8 Å². The lowest BCUT2D eigenvalue weighted by Crippen LogP contribution is -2.63. The molecule has 54 heavy (non-hydrogen) atoms. The van der Waals surface area contributed by atoms with E-state index in [-0.39, 0.29) is 36.7 Å². The zero-order chi connectivity index (χ0) is 40.2. The van der Waals surface area contributed by atoms with Crippen molar-refractivity contribution in [2.24, 2.45) is 22.7 Å². The molecule has 0 spiro atoms. The number of hydrogen-bond donors (Lipinski definition) is 4. The van der Waals surface area contributed by atoms with E-state index in [9.17, 15) is 27.6 Å². The highest BCUT2D eigenvalue weighted by molar-refractivity contribution is 7.89. The molecule has 3 aliphatic rings. The molecule has 2 aliphatic carbocycles. The average Bonchev–Trinajstić information content (AvgIpc) is 3.67. The highest BCUT2D eigenvalue weighted by atomic mass is 32.2. The van der Waals surface area contributed by atoms with Crippen LogP contribution in [0.15, 0.2) is 24.3 Å². The summed E-state index contributed by atoms with van der Waals surface area (Å²) in [6.45, 7) is 15.6. The molecule has 0 bridgehead atoms. The van der Waals surface area contributed by atoms with Gasteiger partial charge in [-0.15, -0.1) is 0 Å². The minimum Gasteiger partial charge on any atom is -0.347 e. The number of nitrogens with one attached hydrogen (secondary N) is 4. The van der Waals surface area contributed by atoms with Crippen LogP contribution in [-0.2, 0) is 42.0 Å². The Morgan fingerprint density at radius 2 is 1.57 bits per heavy atom. The van der Waals surface area contributed by atoms with Crippen molar-refractivity contribution >= 4 is 39.6 Å². The Balaban J connectivity index is 1.65. The summed E-state index contributed by atoms with van der Waals surface area (Å²) in [5, 5.41) is 11.6. The lowest BCUT2D eigenvalue weighted by molar-refractivity contribution is -0.145. The van der Waals surface area contributed by atoms with Gasteiger partial charge < -0.3 is 26.2 Å². The van der Waals surface area contributed by atoms with Crippen molar-refractivity contribution in [3.05, 3.63) is 35.4 Å². The predicted octanol–water partition coefficient (Wildman–Crippen LogP) is 3.55. The molecular weight excluding hydrogens is 709 g/mol. The number of likely N-dealkylation sites (tertiary alicyclic amines) is 1. The topological polar surface area (TPSA) is 174 Å². The van der Waals surface area contributed by atoms with Crippen LogP contribution in [0, 0.1) is 22.7 Å². The van der Waals surface area contributed by atoms with Gasteiger partial charge in [-0.25, -0.2) is 17.5 Å². The minimum atomic E-state index is -3.52. The summed E-state index contributed by atoms with van der Waals surface area (Å²) < 4.78 is 26.6. The van der Waals surface area contributed by atoms with Crippen LogP contribution in [0.25, 0.3) is 0 Å². The maximum atomic E-state index is 15.1. The first-order chi connectivity index (χ1) is 25.2. The van der Waals surface area contributed by atoms with Gasteiger partial charge in [-0.2, -0.15) is 0 Å². The molecule has 4 rings (SSSR count). The summed E-state index contributed by atoms with van der Waals surface area (Å²) in [5.41, 5.74) is 0.869. The van der Waals surface area contributed by atoms with E-state index in [0.29, 0.717) is 32.1 Å². The van der Waals surface area contributed by atoms with Gasteiger partial charge in [0.15, 0.2) is 0 Å². The van der Waals surface area contributed by atoms with E-state index in [0.717, 1.165) is 30.4 Å². The van der Waals surface area contributed by atoms with Gasteiger partial charge in [0.25, 0.3) is 5.91 Å². The van der Waals surface area contributed by atoms with Crippen LogP contribution in [0.4, 0.5) is 4.79 Å². The Morgan fingerprint density at radius 1 is 0.963 bits per heavy atom. The third-order valence-corrected chi connectivity index (χ3v) is 13.5. The summed E-state index contributed by atoms with van der Waals surface area (Å²) in [4.78, 5) is 71.2. The van der Waals surface area contributed by atoms with E-state index in [4.69, 9.17) is 0 Å². The van der Waals surface area contributed by atoms with Gasteiger partial charge in [0.1, 0.15) is 12.1 Å². The van der Waals surface area contributed by atoms with Crippen molar-refractivity contribution < 1.29 is 32.4 Å². The van der Waals surface area contributed by atoms with Gasteiger partial charge in [0, 0.05) is 37.6 Å². The molecule has 1 unspecified atom stereocenters. The number of Topliss-reactive ketones (excluding diaryl/α,β-unsaturated/α-hetero) is 1. The summed E-state index contributed by atoms with van der Waals surface area (Å²) in [7, 11) is -2.03. The molecule has 5 atom stereocenters. The van der Waals surface area contributed by atoms with Crippen LogP contribution in [0.1, 0.15) is 105 Å². The number of benzene rings is 1. The van der Waals surface area contributed by atoms with Crippen LogP contribution in [0.2, 0.25) is 0 Å². The van der Waals surface area contributed by atoms with E-state index in [1.165, 1.54) is 11.4 Å². The number of fused-ring (bicyclic) bond motifs is 1. The number of unbranched alkanes of at least 4 members (excludes halogenated alkanes) is 1. The van der Waals surface area contributed by atoms with Gasteiger partial charge in [0.05, 0.1) is 11.8 Å². The second-order valence-electron chi connectivity index (χ2n) is 17.4. The van der Waals surface area contributed by atoms with Gasteiger partial charge in [0.2, 0.25) is 27.6 Å². The molecule has 5 amide bonds. The molecule has 14 heteroatoms. The van der Waals surface area contributed by atoms with Crippen LogP contribution < -0.4 is 21.3 Å². The van der Waals surface area contributed by atoms with Crippen molar-refractivity contribution in [3.8, 4) is 0 Å². The molecule has 1 aliphatic heterocycles. The normalized spacial score (nSPS) is 21.3. The number of carbonyl (C=O) groups excluding carboxylic acids is 5. The van der Waals surface area contributed by atoms with Gasteiger partial charge in [-0.3, -0.25) is 19.2 Å². The van der Waals surface area contributed by atoms with Gasteiger partial charge >= 0.3 is 6.03 Å². The maximum Gasteiger partial charge on any atom is 0.315 e. The SMILES string of the molecule is CCCCC(NC(=O)[C@@H]1[C@@H](C(C)C)CCN1C(=O)[C@@H](NC(=O)N[C@H](CN(C)S(=O)(=O)CC)C(C)(C)C)C1(C)Cc2ccccc2C1)C(=O)C(=O)NC1CC1. The predicted molar refractivity (Wildman–Crippen MR) is 209 cm³/mol. The highest BCUT2D eigenvalue weighted by Gasteiger charge is 2.51. The van der Waals surface area contributed by atoms with E-state index in [1.807, 2.05) is 72.7 Å². The van der Waals surface area contributed by atoms with Crippen molar-refractivity contribution in [2.75, 3.05) is 25.9 Å². The number of rotatable bonds is 17. The third-order valence-electron chi connectivity index (χ3n) is 11.6. The van der Waals surface area contributed by atoms with Crippen molar-refractivity contribution in [3.63, 3.8) is 0 Å². The molecular formula is C40H64N6O7S. The first kappa shape index (κ1) is 43.2. The average molecular weight is 773 g/mol. The molecule has 1 saturated heterocycles. The smallest absolute Gasteiger partial charge is 0.315 e. The Kier molecular flexibility index (Phi) is 14.0. The fraction of sp³-hybridized carbons (Fsp3) is 0.725. The third kappa shape index (κ3) is 10.4. The molecule has 1 aromatic rings. The van der Waals surface area contributed by atoms with E-state index < -0.39 is 74.6 Å². The second-order valence-corrected chi connectivity index (χ2v) is 19.8. The Bertz CT molecular complexity index is 1630. The standard InChI is InChI=1S/C40H64N6O7S/c1-10-12-17-30(33(47)36(49)41-28-18-19-28)42-35(48)32-29(25(3)4)20-21-46(32)37(50)34(40(8)22-26-15-13-14-16-27(26)23-40)44-38(51)43-31(39(5,6)7)24-45(9)54(52,53)11-2/h13-16,25,28-32,34H,10-12,17-24H2,1-9H3,(H,41,49)(H,42,48)(H2,43,44,51)/t29-,30?,31-,32+,34-/m1/s1. The number of ketones is 1. The fourth-order valence-corrected chi connectivity index (χ4v) is 8.69. The second kappa shape index (κ2) is 17.5. The summed E-state index contributed by atoms with van der Waals surface area (Å²) in [6, 6.07) is 3.74. The monoisotopic (exact) mass is 772 g/mol. The van der Waals surface area contributed by atoms with E-state index in [2.05, 4.69) is 21.3 Å². The molecule has 0 aromatic heterocycles. The lowest BCUT2D eigenvalue weighted by atomic mass is 9.78. The van der Waals surface area contributed by atoms with Crippen molar-refractivity contribution in [1.29, 1.82) is 0 Å². The summed E-state index contributed by atoms with van der Waals surface area (Å²) >= 11 is 0. The van der Waals surface area contributed by atoms with E-state index >= 15 is 4.79 Å². The number of urea groups is 1. The molecule has 0 radical (unpaired) electrons.